The maximum absolute atomic E-state index is 12.5. The molecule has 7 nitrogen and oxygen atoms in total. The third-order valence-electron chi connectivity index (χ3n) is 5.57. The standard InChI is InChI=1S/C20H27ClN4O3/c1-24-16(11-20(28)25-8-7-22-19(27)13-25)5-6-17(24)12-23-18(26)10-14-3-2-4-15(21)9-14/h2-4,9,16-17H,5-8,10-13H2,1H3,(H,22,27)(H,23,26)/t16-,17+/m1/s1. The topological polar surface area (TPSA) is 81.8 Å². The highest BCUT2D eigenvalue weighted by Crippen LogP contribution is 2.25. The summed E-state index contributed by atoms with van der Waals surface area (Å²) in [6, 6.07) is 7.66. The molecule has 0 radical (unpaired) electrons. The minimum Gasteiger partial charge on any atom is -0.354 e. The maximum atomic E-state index is 12.5. The molecule has 0 aromatic heterocycles. The van der Waals surface area contributed by atoms with Crippen LogP contribution in [-0.2, 0) is 20.8 Å². The molecule has 2 fully saturated rings. The van der Waals surface area contributed by atoms with Crippen LogP contribution in [-0.4, -0.2) is 72.8 Å². The fourth-order valence-electron chi connectivity index (χ4n) is 3.89. The molecular weight excluding hydrogens is 380 g/mol. The molecule has 28 heavy (non-hydrogen) atoms. The zero-order valence-corrected chi connectivity index (χ0v) is 16.9. The van der Waals surface area contributed by atoms with Gasteiger partial charge in [-0.1, -0.05) is 23.7 Å². The van der Waals surface area contributed by atoms with E-state index in [0.29, 0.717) is 37.5 Å². The third-order valence-corrected chi connectivity index (χ3v) is 5.81. The van der Waals surface area contributed by atoms with Crippen LogP contribution in [0.15, 0.2) is 24.3 Å². The van der Waals surface area contributed by atoms with E-state index in [1.807, 2.05) is 19.2 Å². The van der Waals surface area contributed by atoms with Crippen LogP contribution in [0.3, 0.4) is 0 Å². The van der Waals surface area contributed by atoms with Crippen molar-refractivity contribution in [2.75, 3.05) is 33.2 Å². The molecule has 2 N–H and O–H groups in total. The van der Waals surface area contributed by atoms with Crippen LogP contribution in [0.4, 0.5) is 0 Å². The van der Waals surface area contributed by atoms with Gasteiger partial charge in [0, 0.05) is 43.2 Å². The molecule has 0 aliphatic carbocycles. The average molecular weight is 407 g/mol. The Hall–Kier alpha value is -2.12. The summed E-state index contributed by atoms with van der Waals surface area (Å²) in [6.45, 7) is 1.81. The van der Waals surface area contributed by atoms with E-state index < -0.39 is 0 Å². The van der Waals surface area contributed by atoms with Crippen LogP contribution in [0.5, 0.6) is 0 Å². The average Bonchev–Trinajstić information content (AvgIpc) is 3.00. The van der Waals surface area contributed by atoms with Crippen molar-refractivity contribution in [3.05, 3.63) is 34.9 Å². The Morgan fingerprint density at radius 3 is 2.82 bits per heavy atom. The third kappa shape index (κ3) is 5.45. The maximum Gasteiger partial charge on any atom is 0.239 e. The van der Waals surface area contributed by atoms with Gasteiger partial charge in [0.05, 0.1) is 13.0 Å². The summed E-state index contributed by atoms with van der Waals surface area (Å²) in [7, 11) is 2.00. The SMILES string of the molecule is CN1[C@@H](CC(=O)N2CCNC(=O)C2)CC[C@H]1CNC(=O)Cc1cccc(Cl)c1. The number of amides is 3. The molecule has 2 aliphatic rings. The Balaban J connectivity index is 1.43. The second-order valence-electron chi connectivity index (χ2n) is 7.53. The van der Waals surface area contributed by atoms with Gasteiger partial charge >= 0.3 is 0 Å². The highest BCUT2D eigenvalue weighted by atomic mass is 35.5. The number of hydrogen-bond donors (Lipinski definition) is 2. The molecule has 0 saturated carbocycles. The number of carbonyl (C=O) groups is 3. The van der Waals surface area contributed by atoms with Crippen molar-refractivity contribution in [3.63, 3.8) is 0 Å². The zero-order chi connectivity index (χ0) is 20.1. The van der Waals surface area contributed by atoms with Crippen LogP contribution >= 0.6 is 11.6 Å². The molecule has 2 aliphatic heterocycles. The number of hydrogen-bond acceptors (Lipinski definition) is 4. The first-order chi connectivity index (χ1) is 13.4. The summed E-state index contributed by atoms with van der Waals surface area (Å²) in [5, 5.41) is 6.35. The Morgan fingerprint density at radius 2 is 2.07 bits per heavy atom. The van der Waals surface area contributed by atoms with E-state index in [1.54, 1.807) is 17.0 Å². The summed E-state index contributed by atoms with van der Waals surface area (Å²) in [5.74, 6) is -0.105. The number of nitrogens with one attached hydrogen (secondary N) is 2. The molecule has 0 bridgehead atoms. The normalized spacial score (nSPS) is 22.8. The highest BCUT2D eigenvalue weighted by Gasteiger charge is 2.33. The van der Waals surface area contributed by atoms with Gasteiger partial charge in [-0.2, -0.15) is 0 Å². The first-order valence-electron chi connectivity index (χ1n) is 9.70. The monoisotopic (exact) mass is 406 g/mol. The minimum atomic E-state index is -0.0975. The Bertz CT molecular complexity index is 742. The van der Waals surface area contributed by atoms with Crippen LogP contribution in [0.2, 0.25) is 5.02 Å². The van der Waals surface area contributed by atoms with Gasteiger partial charge in [-0.05, 0) is 37.6 Å². The van der Waals surface area contributed by atoms with Crippen LogP contribution in [0.1, 0.15) is 24.8 Å². The predicted octanol–water partition coefficient (Wildman–Crippen LogP) is 0.810. The van der Waals surface area contributed by atoms with Crippen molar-refractivity contribution in [3.8, 4) is 0 Å². The molecule has 1 aromatic carbocycles. The van der Waals surface area contributed by atoms with E-state index in [-0.39, 0.29) is 36.3 Å². The van der Waals surface area contributed by atoms with E-state index >= 15 is 0 Å². The molecule has 0 spiro atoms. The lowest BCUT2D eigenvalue weighted by Gasteiger charge is -2.30. The minimum absolute atomic E-state index is 0.0253. The molecule has 3 amide bonds. The van der Waals surface area contributed by atoms with Gasteiger partial charge in [0.2, 0.25) is 17.7 Å². The van der Waals surface area contributed by atoms with Gasteiger partial charge in [-0.3, -0.25) is 19.3 Å². The number of benzene rings is 1. The number of halogens is 1. The van der Waals surface area contributed by atoms with Gasteiger partial charge < -0.3 is 15.5 Å². The predicted molar refractivity (Wildman–Crippen MR) is 107 cm³/mol. The van der Waals surface area contributed by atoms with E-state index in [9.17, 15) is 14.4 Å². The molecule has 8 heteroatoms. The zero-order valence-electron chi connectivity index (χ0n) is 16.1. The highest BCUT2D eigenvalue weighted by molar-refractivity contribution is 6.30. The second-order valence-corrected chi connectivity index (χ2v) is 7.97. The molecule has 152 valence electrons. The first kappa shape index (κ1) is 20.6. The number of piperazine rings is 1. The Labute approximate surface area is 170 Å². The fourth-order valence-corrected chi connectivity index (χ4v) is 4.10. The number of rotatable bonds is 6. The van der Waals surface area contributed by atoms with Crippen LogP contribution in [0, 0.1) is 0 Å². The van der Waals surface area contributed by atoms with Gasteiger partial charge in [0.25, 0.3) is 0 Å². The van der Waals surface area contributed by atoms with Gasteiger partial charge in [-0.25, -0.2) is 0 Å². The molecule has 1 aromatic rings. The van der Waals surface area contributed by atoms with E-state index in [4.69, 9.17) is 11.6 Å². The van der Waals surface area contributed by atoms with Crippen molar-refractivity contribution in [2.24, 2.45) is 0 Å². The number of likely N-dealkylation sites (tertiary alicyclic amines) is 1. The Kier molecular flexibility index (Phi) is 6.91. The molecule has 0 unspecified atom stereocenters. The summed E-state index contributed by atoms with van der Waals surface area (Å²) < 4.78 is 0. The fraction of sp³-hybridized carbons (Fsp3) is 0.550. The number of nitrogens with zero attached hydrogens (tertiary/aromatic N) is 2. The molecular formula is C20H27ClN4O3. The smallest absolute Gasteiger partial charge is 0.239 e. The summed E-state index contributed by atoms with van der Waals surface area (Å²) in [4.78, 5) is 40.0. The molecule has 2 heterocycles. The van der Waals surface area contributed by atoms with Gasteiger partial charge in [0.15, 0.2) is 0 Å². The van der Waals surface area contributed by atoms with Crippen LogP contribution < -0.4 is 10.6 Å². The summed E-state index contributed by atoms with van der Waals surface area (Å²) in [6.07, 6.45) is 2.57. The molecule has 3 rings (SSSR count). The lowest BCUT2D eigenvalue weighted by molar-refractivity contribution is -0.139. The first-order valence-corrected chi connectivity index (χ1v) is 10.1. The second kappa shape index (κ2) is 9.39. The van der Waals surface area contributed by atoms with Crippen molar-refractivity contribution >= 4 is 29.3 Å². The molecule has 2 atom stereocenters. The van der Waals surface area contributed by atoms with Crippen molar-refractivity contribution in [1.82, 2.24) is 20.4 Å². The van der Waals surface area contributed by atoms with E-state index in [2.05, 4.69) is 15.5 Å². The lowest BCUT2D eigenvalue weighted by atomic mass is 10.1. The lowest BCUT2D eigenvalue weighted by Crippen LogP contribution is -2.51. The largest absolute Gasteiger partial charge is 0.354 e. The Morgan fingerprint density at radius 1 is 1.29 bits per heavy atom. The van der Waals surface area contributed by atoms with Gasteiger partial charge in [-0.15, -0.1) is 0 Å². The van der Waals surface area contributed by atoms with Crippen molar-refractivity contribution < 1.29 is 14.4 Å². The van der Waals surface area contributed by atoms with E-state index in [1.165, 1.54) is 0 Å². The quantitative estimate of drug-likeness (QED) is 0.732. The van der Waals surface area contributed by atoms with Crippen molar-refractivity contribution in [2.45, 2.75) is 37.8 Å². The van der Waals surface area contributed by atoms with Crippen LogP contribution in [0.25, 0.3) is 0 Å². The summed E-state index contributed by atoms with van der Waals surface area (Å²) in [5.41, 5.74) is 0.888. The molecule has 2 saturated heterocycles. The number of likely N-dealkylation sites (N-methyl/N-ethyl adjacent to an activating group) is 1. The van der Waals surface area contributed by atoms with Gasteiger partial charge in [0.1, 0.15) is 0 Å². The van der Waals surface area contributed by atoms with E-state index in [0.717, 1.165) is 18.4 Å². The number of carbonyl (C=O) groups excluding carboxylic acids is 3. The van der Waals surface area contributed by atoms with Crippen molar-refractivity contribution in [1.29, 1.82) is 0 Å². The summed E-state index contributed by atoms with van der Waals surface area (Å²) >= 11 is 5.96.